The standard InChI is InChI=1S/C7H20N6S/c1-3-6(8,9)12-5(14)13-7(10,11)4-2/h3-4,8-11H2,1-2H3,(H2,12,13,14). The monoisotopic (exact) mass is 220 g/mol. The maximum atomic E-state index is 5.63. The molecule has 0 aliphatic rings. The van der Waals surface area contributed by atoms with Crippen molar-refractivity contribution in [1.29, 1.82) is 0 Å². The Morgan fingerprint density at radius 3 is 1.50 bits per heavy atom. The molecular formula is C7H20N6S. The van der Waals surface area contributed by atoms with Crippen LogP contribution >= 0.6 is 12.2 Å². The molecule has 0 aliphatic heterocycles. The Balaban J connectivity index is 4.12. The van der Waals surface area contributed by atoms with Crippen LogP contribution in [0.2, 0.25) is 0 Å². The molecule has 0 rings (SSSR count). The number of nitrogens with two attached hydrogens (primary N) is 4. The number of nitrogens with one attached hydrogen (secondary N) is 2. The quantitative estimate of drug-likeness (QED) is 0.249. The van der Waals surface area contributed by atoms with E-state index < -0.39 is 11.6 Å². The zero-order chi connectivity index (χ0) is 11.4. The van der Waals surface area contributed by atoms with Crippen molar-refractivity contribution >= 4 is 17.3 Å². The van der Waals surface area contributed by atoms with E-state index >= 15 is 0 Å². The molecule has 0 saturated carbocycles. The molecule has 7 heteroatoms. The summed E-state index contributed by atoms with van der Waals surface area (Å²) in [6.07, 6.45) is 1.06. The Kier molecular flexibility index (Phi) is 4.69. The molecule has 0 aromatic heterocycles. The molecule has 6 nitrogen and oxygen atoms in total. The summed E-state index contributed by atoms with van der Waals surface area (Å²) in [6.45, 7) is 3.68. The molecule has 10 N–H and O–H groups in total. The Morgan fingerprint density at radius 2 is 1.29 bits per heavy atom. The van der Waals surface area contributed by atoms with E-state index in [0.29, 0.717) is 12.8 Å². The zero-order valence-electron chi connectivity index (χ0n) is 8.63. The van der Waals surface area contributed by atoms with Gasteiger partial charge in [-0.1, -0.05) is 13.8 Å². The van der Waals surface area contributed by atoms with Crippen molar-refractivity contribution in [1.82, 2.24) is 10.6 Å². The topological polar surface area (TPSA) is 128 Å². The predicted octanol–water partition coefficient (Wildman–Crippen LogP) is -1.59. The van der Waals surface area contributed by atoms with Gasteiger partial charge in [0.05, 0.1) is 0 Å². The number of hydrogen-bond acceptors (Lipinski definition) is 5. The highest BCUT2D eigenvalue weighted by atomic mass is 32.1. The van der Waals surface area contributed by atoms with E-state index in [4.69, 9.17) is 35.2 Å². The first-order chi connectivity index (χ1) is 6.22. The number of hydrogen-bond donors (Lipinski definition) is 6. The molecule has 14 heavy (non-hydrogen) atoms. The molecule has 0 radical (unpaired) electrons. The van der Waals surface area contributed by atoms with Crippen LogP contribution in [-0.4, -0.2) is 16.7 Å². The minimum absolute atomic E-state index is 0.253. The first-order valence-corrected chi connectivity index (χ1v) is 4.89. The van der Waals surface area contributed by atoms with E-state index in [2.05, 4.69) is 10.6 Å². The number of thiocarbonyl (C=S) groups is 1. The van der Waals surface area contributed by atoms with Crippen LogP contribution in [0.15, 0.2) is 0 Å². The largest absolute Gasteiger partial charge is 0.333 e. The van der Waals surface area contributed by atoms with Crippen molar-refractivity contribution in [3.05, 3.63) is 0 Å². The van der Waals surface area contributed by atoms with Gasteiger partial charge in [0.1, 0.15) is 11.6 Å². The van der Waals surface area contributed by atoms with Gasteiger partial charge in [-0.05, 0) is 25.1 Å². The van der Waals surface area contributed by atoms with Crippen molar-refractivity contribution < 1.29 is 0 Å². The molecule has 0 bridgehead atoms. The maximum absolute atomic E-state index is 5.63. The summed E-state index contributed by atoms with van der Waals surface area (Å²) in [6, 6.07) is 0. The number of rotatable bonds is 4. The van der Waals surface area contributed by atoms with Crippen molar-refractivity contribution in [3.8, 4) is 0 Å². The molecule has 0 spiro atoms. The highest BCUT2D eigenvalue weighted by molar-refractivity contribution is 7.80. The van der Waals surface area contributed by atoms with Crippen molar-refractivity contribution in [2.24, 2.45) is 22.9 Å². The van der Waals surface area contributed by atoms with E-state index in [9.17, 15) is 0 Å². The molecule has 84 valence electrons. The Morgan fingerprint density at radius 1 is 1.00 bits per heavy atom. The average molecular weight is 220 g/mol. The molecule has 0 fully saturated rings. The molecular weight excluding hydrogens is 200 g/mol. The van der Waals surface area contributed by atoms with Crippen LogP contribution in [-0.2, 0) is 0 Å². The van der Waals surface area contributed by atoms with Gasteiger partial charge >= 0.3 is 0 Å². The van der Waals surface area contributed by atoms with Gasteiger partial charge in [-0.2, -0.15) is 0 Å². The molecule has 0 aliphatic carbocycles. The highest BCUT2D eigenvalue weighted by Crippen LogP contribution is 1.94. The van der Waals surface area contributed by atoms with Crippen molar-refractivity contribution in [2.75, 3.05) is 0 Å². The zero-order valence-corrected chi connectivity index (χ0v) is 9.45. The Hall–Kier alpha value is -0.470. The minimum atomic E-state index is -1.03. The van der Waals surface area contributed by atoms with Crippen LogP contribution in [0.5, 0.6) is 0 Å². The third-order valence-electron chi connectivity index (χ3n) is 1.86. The van der Waals surface area contributed by atoms with Crippen LogP contribution in [0.25, 0.3) is 0 Å². The van der Waals surface area contributed by atoms with Gasteiger partial charge in [0.2, 0.25) is 0 Å². The molecule has 0 unspecified atom stereocenters. The Labute approximate surface area is 89.7 Å². The van der Waals surface area contributed by atoms with E-state index in [1.165, 1.54) is 0 Å². The summed E-state index contributed by atoms with van der Waals surface area (Å²) in [5, 5.41) is 5.68. The van der Waals surface area contributed by atoms with Crippen molar-refractivity contribution in [2.45, 2.75) is 38.3 Å². The summed E-state index contributed by atoms with van der Waals surface area (Å²) in [5.74, 6) is -2.07. The van der Waals surface area contributed by atoms with Crippen LogP contribution in [0.1, 0.15) is 26.7 Å². The summed E-state index contributed by atoms with van der Waals surface area (Å²) < 4.78 is 0. The lowest BCUT2D eigenvalue weighted by atomic mass is 10.3. The van der Waals surface area contributed by atoms with Gasteiger partial charge in [-0.25, -0.2) is 0 Å². The summed E-state index contributed by atoms with van der Waals surface area (Å²) in [5.41, 5.74) is 22.5. The van der Waals surface area contributed by atoms with Gasteiger partial charge in [-0.3, -0.25) is 22.9 Å². The fourth-order valence-electron chi connectivity index (χ4n) is 0.631. The van der Waals surface area contributed by atoms with Crippen LogP contribution < -0.4 is 33.6 Å². The van der Waals surface area contributed by atoms with Crippen molar-refractivity contribution in [3.63, 3.8) is 0 Å². The van der Waals surface area contributed by atoms with Gasteiger partial charge in [0.25, 0.3) is 0 Å². The fraction of sp³-hybridized carbons (Fsp3) is 0.857. The summed E-state index contributed by atoms with van der Waals surface area (Å²) in [4.78, 5) is 0. The van der Waals surface area contributed by atoms with E-state index in [1.54, 1.807) is 0 Å². The summed E-state index contributed by atoms with van der Waals surface area (Å²) in [7, 11) is 0. The predicted molar refractivity (Wildman–Crippen MR) is 61.7 cm³/mol. The highest BCUT2D eigenvalue weighted by Gasteiger charge is 2.21. The molecule has 0 aromatic rings. The van der Waals surface area contributed by atoms with E-state index in [1.807, 2.05) is 13.8 Å². The van der Waals surface area contributed by atoms with Gasteiger partial charge in [-0.15, -0.1) is 0 Å². The first kappa shape index (κ1) is 13.5. The SMILES string of the molecule is CCC(N)(N)NC(=S)NC(N)(N)CC. The van der Waals surface area contributed by atoms with Gasteiger partial charge in [0, 0.05) is 0 Å². The second kappa shape index (κ2) is 4.85. The second-order valence-electron chi connectivity index (χ2n) is 3.37. The normalized spacial score (nSPS) is 12.4. The molecule has 0 saturated heterocycles. The lowest BCUT2D eigenvalue weighted by Crippen LogP contribution is -2.70. The smallest absolute Gasteiger partial charge is 0.171 e. The molecule has 0 atom stereocenters. The lowest BCUT2D eigenvalue weighted by molar-refractivity contribution is 0.360. The van der Waals surface area contributed by atoms with Crippen LogP contribution in [0.4, 0.5) is 0 Å². The molecule has 0 aromatic carbocycles. The lowest BCUT2D eigenvalue weighted by Gasteiger charge is -2.31. The van der Waals surface area contributed by atoms with Gasteiger partial charge < -0.3 is 10.6 Å². The fourth-order valence-corrected chi connectivity index (χ4v) is 1.01. The van der Waals surface area contributed by atoms with E-state index in [0.717, 1.165) is 0 Å². The molecule has 0 amide bonds. The summed E-state index contributed by atoms with van der Waals surface area (Å²) >= 11 is 4.94. The third kappa shape index (κ3) is 5.30. The molecule has 0 heterocycles. The van der Waals surface area contributed by atoms with E-state index in [-0.39, 0.29) is 5.11 Å². The van der Waals surface area contributed by atoms with Crippen LogP contribution in [0.3, 0.4) is 0 Å². The first-order valence-electron chi connectivity index (χ1n) is 4.48. The second-order valence-corrected chi connectivity index (χ2v) is 3.78. The van der Waals surface area contributed by atoms with Crippen LogP contribution in [0, 0.1) is 0 Å². The minimum Gasteiger partial charge on any atom is -0.333 e. The maximum Gasteiger partial charge on any atom is 0.171 e. The average Bonchev–Trinajstić information content (AvgIpc) is 2.02. The Bertz CT molecular complexity index is 182. The third-order valence-corrected chi connectivity index (χ3v) is 2.07. The van der Waals surface area contributed by atoms with Gasteiger partial charge in [0.15, 0.2) is 5.11 Å².